The summed E-state index contributed by atoms with van der Waals surface area (Å²) in [6.07, 6.45) is 1.33. The van der Waals surface area contributed by atoms with Gasteiger partial charge in [-0.3, -0.25) is 0 Å². The van der Waals surface area contributed by atoms with Gasteiger partial charge in [0.1, 0.15) is 0 Å². The Morgan fingerprint density at radius 3 is 1.82 bits per heavy atom. The summed E-state index contributed by atoms with van der Waals surface area (Å²) >= 11 is 0. The summed E-state index contributed by atoms with van der Waals surface area (Å²) in [5.74, 6) is 1.79. The molecular weight excluding hydrogens is 134 g/mol. The van der Waals surface area contributed by atoms with Gasteiger partial charge in [0.2, 0.25) is 0 Å². The SMILES string of the molecule is CCC1C(C)C(C)N(C)C1C. The molecule has 11 heavy (non-hydrogen) atoms. The van der Waals surface area contributed by atoms with Crippen molar-refractivity contribution in [2.24, 2.45) is 11.8 Å². The second-order valence-corrected chi connectivity index (χ2v) is 4.08. The first-order valence-corrected chi connectivity index (χ1v) is 4.81. The normalized spacial score (nSPS) is 46.6. The third kappa shape index (κ3) is 1.31. The van der Waals surface area contributed by atoms with E-state index in [0.717, 1.165) is 23.9 Å². The first kappa shape index (κ1) is 9.05. The minimum absolute atomic E-state index is 0.773. The van der Waals surface area contributed by atoms with Gasteiger partial charge in [0.15, 0.2) is 0 Å². The van der Waals surface area contributed by atoms with Crippen LogP contribution in [0.3, 0.4) is 0 Å². The number of nitrogens with zero attached hydrogens (tertiary/aromatic N) is 1. The van der Waals surface area contributed by atoms with Crippen LogP contribution in [-0.2, 0) is 0 Å². The lowest BCUT2D eigenvalue weighted by Crippen LogP contribution is -2.30. The van der Waals surface area contributed by atoms with Crippen LogP contribution in [0.5, 0.6) is 0 Å². The molecule has 4 unspecified atom stereocenters. The van der Waals surface area contributed by atoms with Crippen LogP contribution in [0.4, 0.5) is 0 Å². The summed E-state index contributed by atoms with van der Waals surface area (Å²) in [5.41, 5.74) is 0. The molecule has 1 nitrogen and oxygen atoms in total. The molecular formula is C10H21N. The predicted octanol–water partition coefficient (Wildman–Crippen LogP) is 2.37. The fourth-order valence-electron chi connectivity index (χ4n) is 2.55. The lowest BCUT2D eigenvalue weighted by molar-refractivity contribution is 0.245. The Hall–Kier alpha value is -0.0400. The maximum atomic E-state index is 2.51. The largest absolute Gasteiger partial charge is 0.300 e. The predicted molar refractivity (Wildman–Crippen MR) is 49.6 cm³/mol. The van der Waals surface area contributed by atoms with Crippen LogP contribution in [0.2, 0.25) is 0 Å². The molecule has 1 rings (SSSR count). The molecule has 0 saturated carbocycles. The molecule has 0 aliphatic carbocycles. The monoisotopic (exact) mass is 155 g/mol. The highest BCUT2D eigenvalue weighted by molar-refractivity contribution is 4.91. The lowest BCUT2D eigenvalue weighted by Gasteiger charge is -2.21. The van der Waals surface area contributed by atoms with Crippen LogP contribution in [0.15, 0.2) is 0 Å². The molecule has 0 amide bonds. The van der Waals surface area contributed by atoms with Crippen molar-refractivity contribution in [2.45, 2.75) is 46.2 Å². The quantitative estimate of drug-likeness (QED) is 0.562. The third-order valence-electron chi connectivity index (χ3n) is 3.81. The zero-order valence-electron chi connectivity index (χ0n) is 8.46. The van der Waals surface area contributed by atoms with Gasteiger partial charge in [-0.2, -0.15) is 0 Å². The molecule has 1 aliphatic rings. The van der Waals surface area contributed by atoms with E-state index in [0.29, 0.717) is 0 Å². The lowest BCUT2D eigenvalue weighted by atomic mass is 9.88. The Kier molecular flexibility index (Phi) is 2.58. The van der Waals surface area contributed by atoms with Gasteiger partial charge in [0.25, 0.3) is 0 Å². The van der Waals surface area contributed by atoms with E-state index >= 15 is 0 Å². The Morgan fingerprint density at radius 2 is 1.64 bits per heavy atom. The van der Waals surface area contributed by atoms with Crippen LogP contribution in [0.25, 0.3) is 0 Å². The molecule has 4 atom stereocenters. The molecule has 0 bridgehead atoms. The van der Waals surface area contributed by atoms with E-state index in [1.807, 2.05) is 0 Å². The van der Waals surface area contributed by atoms with Gasteiger partial charge < -0.3 is 4.90 Å². The van der Waals surface area contributed by atoms with Gasteiger partial charge in [-0.05, 0) is 32.7 Å². The molecule has 0 radical (unpaired) electrons. The van der Waals surface area contributed by atoms with E-state index in [9.17, 15) is 0 Å². The maximum absolute atomic E-state index is 2.51. The van der Waals surface area contributed by atoms with Crippen molar-refractivity contribution in [3.63, 3.8) is 0 Å². The second-order valence-electron chi connectivity index (χ2n) is 4.08. The van der Waals surface area contributed by atoms with Gasteiger partial charge in [0, 0.05) is 12.1 Å². The average molecular weight is 155 g/mol. The highest BCUT2D eigenvalue weighted by atomic mass is 15.2. The number of hydrogen-bond donors (Lipinski definition) is 0. The van der Waals surface area contributed by atoms with Crippen molar-refractivity contribution in [3.05, 3.63) is 0 Å². The molecule has 1 fully saturated rings. The zero-order chi connectivity index (χ0) is 8.59. The maximum Gasteiger partial charge on any atom is 0.00981 e. The van der Waals surface area contributed by atoms with E-state index in [4.69, 9.17) is 0 Å². The number of rotatable bonds is 1. The Balaban J connectivity index is 2.69. The fraction of sp³-hybridized carbons (Fsp3) is 1.00. The highest BCUT2D eigenvalue weighted by Gasteiger charge is 2.38. The molecule has 1 heteroatoms. The summed E-state index contributed by atoms with van der Waals surface area (Å²) in [6, 6.07) is 1.56. The Labute approximate surface area is 70.8 Å². The van der Waals surface area contributed by atoms with Crippen molar-refractivity contribution in [2.75, 3.05) is 7.05 Å². The van der Waals surface area contributed by atoms with E-state index in [-0.39, 0.29) is 0 Å². The van der Waals surface area contributed by atoms with E-state index in [1.54, 1.807) is 0 Å². The van der Waals surface area contributed by atoms with Gasteiger partial charge >= 0.3 is 0 Å². The number of likely N-dealkylation sites (tertiary alicyclic amines) is 1. The molecule has 0 aromatic carbocycles. The van der Waals surface area contributed by atoms with Crippen molar-refractivity contribution < 1.29 is 0 Å². The van der Waals surface area contributed by atoms with Crippen molar-refractivity contribution >= 4 is 0 Å². The Bertz CT molecular complexity index is 119. The van der Waals surface area contributed by atoms with Crippen LogP contribution in [0.1, 0.15) is 34.1 Å². The van der Waals surface area contributed by atoms with Gasteiger partial charge in [0.05, 0.1) is 0 Å². The van der Waals surface area contributed by atoms with Gasteiger partial charge in [-0.25, -0.2) is 0 Å². The highest BCUT2D eigenvalue weighted by Crippen LogP contribution is 2.35. The van der Waals surface area contributed by atoms with Crippen molar-refractivity contribution in [3.8, 4) is 0 Å². The van der Waals surface area contributed by atoms with E-state index in [1.165, 1.54) is 6.42 Å². The summed E-state index contributed by atoms with van der Waals surface area (Å²) in [7, 11) is 2.25. The van der Waals surface area contributed by atoms with E-state index < -0.39 is 0 Å². The number of hydrogen-bond acceptors (Lipinski definition) is 1. The molecule has 1 aliphatic heterocycles. The minimum atomic E-state index is 0.773. The minimum Gasteiger partial charge on any atom is -0.300 e. The Morgan fingerprint density at radius 1 is 1.09 bits per heavy atom. The summed E-state index contributed by atoms with van der Waals surface area (Å²) in [5, 5.41) is 0. The standard InChI is InChI=1S/C10H21N/c1-6-10-7(2)8(3)11(5)9(10)4/h7-10H,6H2,1-5H3. The molecule has 0 spiro atoms. The first-order chi connectivity index (χ1) is 5.09. The molecule has 66 valence electrons. The van der Waals surface area contributed by atoms with Gasteiger partial charge in [-0.15, -0.1) is 0 Å². The zero-order valence-corrected chi connectivity index (χ0v) is 8.46. The van der Waals surface area contributed by atoms with Crippen LogP contribution >= 0.6 is 0 Å². The smallest absolute Gasteiger partial charge is 0.00981 e. The van der Waals surface area contributed by atoms with Crippen LogP contribution < -0.4 is 0 Å². The third-order valence-corrected chi connectivity index (χ3v) is 3.81. The summed E-state index contributed by atoms with van der Waals surface area (Å²) < 4.78 is 0. The summed E-state index contributed by atoms with van der Waals surface area (Å²) in [6.45, 7) is 9.40. The molecule has 0 aromatic rings. The summed E-state index contributed by atoms with van der Waals surface area (Å²) in [4.78, 5) is 2.51. The van der Waals surface area contributed by atoms with Crippen molar-refractivity contribution in [1.82, 2.24) is 4.90 Å². The van der Waals surface area contributed by atoms with E-state index in [2.05, 4.69) is 39.6 Å². The average Bonchev–Trinajstić information content (AvgIpc) is 2.17. The van der Waals surface area contributed by atoms with Crippen molar-refractivity contribution in [1.29, 1.82) is 0 Å². The molecule has 0 N–H and O–H groups in total. The topological polar surface area (TPSA) is 3.24 Å². The molecule has 1 heterocycles. The van der Waals surface area contributed by atoms with Crippen LogP contribution in [0, 0.1) is 11.8 Å². The molecule has 1 saturated heterocycles. The second kappa shape index (κ2) is 3.14. The molecule has 0 aromatic heterocycles. The van der Waals surface area contributed by atoms with Gasteiger partial charge in [-0.1, -0.05) is 20.3 Å². The first-order valence-electron chi connectivity index (χ1n) is 4.81. The fourth-order valence-corrected chi connectivity index (χ4v) is 2.55. The van der Waals surface area contributed by atoms with Crippen LogP contribution in [-0.4, -0.2) is 24.0 Å².